The van der Waals surface area contributed by atoms with Gasteiger partial charge in [0.1, 0.15) is 91.5 Å². The van der Waals surface area contributed by atoms with E-state index in [1.54, 1.807) is 0 Å². The van der Waals surface area contributed by atoms with Gasteiger partial charge in [-0.15, -0.1) is 0 Å². The van der Waals surface area contributed by atoms with Gasteiger partial charge in [0.05, 0.1) is 32.5 Å². The Morgan fingerprint density at radius 3 is 1.72 bits per heavy atom. The summed E-state index contributed by atoms with van der Waals surface area (Å²) in [6.45, 7) is -1.47. The maximum absolute atomic E-state index is 12.4. The first-order valence-electron chi connectivity index (χ1n) is 14.9. The summed E-state index contributed by atoms with van der Waals surface area (Å²) in [6.07, 6.45) is -32.0. The van der Waals surface area contributed by atoms with Gasteiger partial charge in [-0.2, -0.15) is 0 Å². The van der Waals surface area contributed by atoms with Crippen LogP contribution in [0.4, 0.5) is 0 Å². The van der Waals surface area contributed by atoms with Crippen LogP contribution in [0.5, 0.6) is 0 Å². The molecule has 47 heavy (non-hydrogen) atoms. The van der Waals surface area contributed by atoms with E-state index in [4.69, 9.17) is 28.4 Å². The van der Waals surface area contributed by atoms with E-state index in [0.29, 0.717) is 0 Å². The van der Waals surface area contributed by atoms with E-state index in [2.05, 4.69) is 5.32 Å². The maximum atomic E-state index is 12.4. The molecule has 21 heteroatoms. The fourth-order valence-corrected chi connectivity index (χ4v) is 5.48. The molecule has 0 aromatic heterocycles. The summed E-state index contributed by atoms with van der Waals surface area (Å²) < 4.78 is 34.3. The first-order chi connectivity index (χ1) is 22.1. The summed E-state index contributed by atoms with van der Waals surface area (Å²) in [4.78, 5) is 12.4. The lowest BCUT2D eigenvalue weighted by atomic mass is 9.94. The fraction of sp³-hybridized carbons (Fsp3) is 0.962. The Morgan fingerprint density at radius 2 is 1.19 bits per heavy atom. The van der Waals surface area contributed by atoms with Crippen molar-refractivity contribution in [3.05, 3.63) is 0 Å². The van der Waals surface area contributed by atoms with E-state index < -0.39 is 149 Å². The van der Waals surface area contributed by atoms with Gasteiger partial charge < -0.3 is 100 Å². The van der Waals surface area contributed by atoms with Crippen LogP contribution in [0.2, 0.25) is 0 Å². The number of carbonyl (C=O) groups is 1. The highest BCUT2D eigenvalue weighted by Gasteiger charge is 2.55. The highest BCUT2D eigenvalue weighted by Crippen LogP contribution is 2.34. The second-order valence-electron chi connectivity index (χ2n) is 11.6. The van der Waals surface area contributed by atoms with E-state index >= 15 is 0 Å². The largest absolute Gasteiger partial charge is 0.394 e. The van der Waals surface area contributed by atoms with Crippen molar-refractivity contribution in [3.63, 3.8) is 0 Å². The highest BCUT2D eigenvalue weighted by atomic mass is 16.8. The first-order valence-corrected chi connectivity index (χ1v) is 14.9. The van der Waals surface area contributed by atoms with Crippen molar-refractivity contribution in [2.45, 2.75) is 130 Å². The van der Waals surface area contributed by atoms with Gasteiger partial charge in [0.15, 0.2) is 18.9 Å². The smallest absolute Gasteiger partial charge is 0.217 e. The lowest BCUT2D eigenvalue weighted by molar-refractivity contribution is -0.378. The van der Waals surface area contributed by atoms with Gasteiger partial charge in [0.25, 0.3) is 0 Å². The number of nitrogens with one attached hydrogen (secondary N) is 1. The highest BCUT2D eigenvalue weighted by molar-refractivity contribution is 5.73. The molecule has 0 aromatic carbocycles. The Labute approximate surface area is 268 Å². The second kappa shape index (κ2) is 17.6. The lowest BCUT2D eigenvalue weighted by Gasteiger charge is -2.50. The van der Waals surface area contributed by atoms with E-state index in [0.717, 1.165) is 6.92 Å². The topological polar surface area (TPSA) is 347 Å². The van der Waals surface area contributed by atoms with E-state index in [9.17, 15) is 71.2 Å². The standard InChI is InChI=1S/C26H47NO20/c1-7-14(35)17(38)19(40)25(42-7)47-23-13(27-8(2)32)24(45-21(10(34)4-29)15(36)9(33)3-28)44-12(6-31)22(23)46-26-20(41)18(39)16(37)11(5-30)43-26/h7,9-26,28-31,33-41H,3-6H2,1-2H3,(H,27,32)/t7-,9+,10+,11+,12+,13+,14+,15+,16-,17+,18-,19-,20+,21+,22+,23+,24-,25-,26-/m0/s1. The average Bonchev–Trinajstić information content (AvgIpc) is 3.05. The summed E-state index contributed by atoms with van der Waals surface area (Å²) in [5.41, 5.74) is 0. The maximum Gasteiger partial charge on any atom is 0.217 e. The molecule has 0 bridgehead atoms. The Bertz CT molecular complexity index is 965. The molecule has 0 saturated carbocycles. The summed E-state index contributed by atoms with van der Waals surface area (Å²) in [7, 11) is 0. The van der Waals surface area contributed by atoms with Gasteiger partial charge in [0.2, 0.25) is 5.91 Å². The predicted octanol–water partition coefficient (Wildman–Crippen LogP) is -8.94. The van der Waals surface area contributed by atoms with Crippen LogP contribution in [0.15, 0.2) is 0 Å². The Balaban J connectivity index is 2.08. The van der Waals surface area contributed by atoms with Crippen LogP contribution in [-0.2, 0) is 33.2 Å². The van der Waals surface area contributed by atoms with Gasteiger partial charge >= 0.3 is 0 Å². The lowest BCUT2D eigenvalue weighted by Crippen LogP contribution is -2.70. The molecule has 0 unspecified atom stereocenters. The van der Waals surface area contributed by atoms with Gasteiger partial charge in [-0.05, 0) is 6.92 Å². The number of amides is 1. The molecule has 3 aliphatic rings. The molecule has 1 amide bonds. The molecule has 0 radical (unpaired) electrons. The van der Waals surface area contributed by atoms with Crippen LogP contribution < -0.4 is 5.32 Å². The van der Waals surface area contributed by atoms with Crippen LogP contribution in [-0.4, -0.2) is 215 Å². The quantitative estimate of drug-likeness (QED) is 0.0803. The van der Waals surface area contributed by atoms with Crippen molar-refractivity contribution in [3.8, 4) is 0 Å². The Hall–Kier alpha value is -1.29. The summed E-state index contributed by atoms with van der Waals surface area (Å²) in [5.74, 6) is -0.793. The van der Waals surface area contributed by atoms with Crippen molar-refractivity contribution in [2.75, 3.05) is 26.4 Å². The Kier molecular flexibility index (Phi) is 15.0. The molecule has 0 aliphatic carbocycles. The zero-order valence-electron chi connectivity index (χ0n) is 25.5. The van der Waals surface area contributed by atoms with Crippen molar-refractivity contribution >= 4 is 5.91 Å². The van der Waals surface area contributed by atoms with E-state index in [-0.39, 0.29) is 0 Å². The van der Waals surface area contributed by atoms with Crippen molar-refractivity contribution < 1.29 is 99.6 Å². The van der Waals surface area contributed by atoms with Gasteiger partial charge in [-0.25, -0.2) is 0 Å². The van der Waals surface area contributed by atoms with E-state index in [1.807, 2.05) is 0 Å². The molecule has 0 aromatic rings. The van der Waals surface area contributed by atoms with Crippen molar-refractivity contribution in [1.82, 2.24) is 5.32 Å². The average molecular weight is 694 g/mol. The molecular formula is C26H47NO20. The minimum absolute atomic E-state index is 0.793. The number of rotatable bonds is 14. The third-order valence-electron chi connectivity index (χ3n) is 8.21. The monoisotopic (exact) mass is 693 g/mol. The zero-order valence-corrected chi connectivity index (χ0v) is 25.5. The van der Waals surface area contributed by atoms with Crippen molar-refractivity contribution in [1.29, 1.82) is 0 Å². The molecule has 14 N–H and O–H groups in total. The van der Waals surface area contributed by atoms with Crippen molar-refractivity contribution in [2.24, 2.45) is 0 Å². The van der Waals surface area contributed by atoms with Crippen LogP contribution in [0.1, 0.15) is 13.8 Å². The SMILES string of the molecule is CC(=O)N[C@H]1[C@H](O[C@@H]([C@H](O)[C@H](O)CO)[C@H](O)CO)O[C@H](CO)[C@@H](O[C@@H]2O[C@H](CO)[C@H](O)[C@H](O)[C@H]2O)[C@@H]1O[C@@H]1O[C@@H](C)[C@@H](O)[C@@H](O)[C@@H]1O. The number of aliphatic hydroxyl groups excluding tert-OH is 13. The van der Waals surface area contributed by atoms with Gasteiger partial charge in [0, 0.05) is 6.92 Å². The van der Waals surface area contributed by atoms with Crippen LogP contribution in [0.25, 0.3) is 0 Å². The predicted molar refractivity (Wildman–Crippen MR) is 146 cm³/mol. The van der Waals surface area contributed by atoms with E-state index in [1.165, 1.54) is 6.92 Å². The molecule has 3 aliphatic heterocycles. The Morgan fingerprint density at radius 1 is 0.681 bits per heavy atom. The van der Waals surface area contributed by atoms with Crippen LogP contribution in [0.3, 0.4) is 0 Å². The van der Waals surface area contributed by atoms with Crippen LogP contribution >= 0.6 is 0 Å². The normalized spacial score (nSPS) is 43.9. The summed E-state index contributed by atoms with van der Waals surface area (Å²) in [6, 6.07) is -1.66. The molecule has 0 spiro atoms. The number of hydrogen-bond donors (Lipinski definition) is 14. The first kappa shape index (κ1) is 40.1. The minimum atomic E-state index is -2.07. The minimum Gasteiger partial charge on any atom is -0.394 e. The van der Waals surface area contributed by atoms with Gasteiger partial charge in [-0.3, -0.25) is 4.79 Å². The number of carbonyl (C=O) groups excluding carboxylic acids is 1. The third kappa shape index (κ3) is 9.09. The molecule has 3 saturated heterocycles. The van der Waals surface area contributed by atoms with Crippen LogP contribution in [0, 0.1) is 0 Å². The van der Waals surface area contributed by atoms with Gasteiger partial charge in [-0.1, -0.05) is 0 Å². The molecular weight excluding hydrogens is 646 g/mol. The second-order valence-corrected chi connectivity index (χ2v) is 11.6. The molecule has 3 heterocycles. The molecule has 21 nitrogen and oxygen atoms in total. The number of ether oxygens (including phenoxy) is 6. The molecule has 19 atom stereocenters. The fourth-order valence-electron chi connectivity index (χ4n) is 5.48. The summed E-state index contributed by atoms with van der Waals surface area (Å²) in [5, 5.41) is 135. The molecule has 3 rings (SSSR count). The summed E-state index contributed by atoms with van der Waals surface area (Å²) >= 11 is 0. The third-order valence-corrected chi connectivity index (χ3v) is 8.21. The number of aliphatic hydroxyl groups is 13. The molecule has 276 valence electrons. The molecule has 3 fully saturated rings. The zero-order chi connectivity index (χ0) is 35.3. The number of hydrogen-bond acceptors (Lipinski definition) is 20.